The van der Waals surface area contributed by atoms with Crippen LogP contribution in [0.25, 0.3) is 0 Å². The minimum atomic E-state index is -0.505. The zero-order valence-electron chi connectivity index (χ0n) is 17.1. The SMILES string of the molecule is O=C(Cc1ccc(Cl)cc1F)C[C@@H]1CCCN(c2ccc(N3CC[C@@H](O)C3)nc2)C1=O. The number of ketones is 1. The fourth-order valence-electron chi connectivity index (χ4n) is 4.29. The molecule has 1 aromatic carbocycles. The molecule has 0 radical (unpaired) electrons. The molecule has 0 unspecified atom stereocenters. The lowest BCUT2D eigenvalue weighted by atomic mass is 9.90. The lowest BCUT2D eigenvalue weighted by molar-refractivity contribution is -0.128. The van der Waals surface area contributed by atoms with E-state index in [1.165, 1.54) is 12.1 Å². The van der Waals surface area contributed by atoms with Gasteiger partial charge in [-0.3, -0.25) is 9.59 Å². The fraction of sp³-hybridized carbons (Fsp3) is 0.435. The number of nitrogens with zero attached hydrogens (tertiary/aromatic N) is 3. The van der Waals surface area contributed by atoms with Gasteiger partial charge in [0.15, 0.2) is 0 Å². The van der Waals surface area contributed by atoms with Crippen molar-refractivity contribution in [3.63, 3.8) is 0 Å². The molecule has 1 aromatic heterocycles. The Morgan fingerprint density at radius 2 is 2.06 bits per heavy atom. The Hall–Kier alpha value is -2.51. The topological polar surface area (TPSA) is 73.7 Å². The van der Waals surface area contributed by atoms with Crippen LogP contribution < -0.4 is 9.80 Å². The Balaban J connectivity index is 1.39. The number of hydrogen-bond acceptors (Lipinski definition) is 5. The van der Waals surface area contributed by atoms with Gasteiger partial charge in [-0.1, -0.05) is 17.7 Å². The van der Waals surface area contributed by atoms with Crippen molar-refractivity contribution in [3.8, 4) is 0 Å². The van der Waals surface area contributed by atoms with Crippen LogP contribution in [0.2, 0.25) is 5.02 Å². The molecule has 31 heavy (non-hydrogen) atoms. The van der Waals surface area contributed by atoms with Crippen molar-refractivity contribution in [1.82, 2.24) is 4.98 Å². The number of amides is 1. The molecule has 2 aromatic rings. The number of benzene rings is 1. The highest BCUT2D eigenvalue weighted by Crippen LogP contribution is 2.28. The zero-order valence-corrected chi connectivity index (χ0v) is 17.9. The van der Waals surface area contributed by atoms with Crippen LogP contribution in [0.4, 0.5) is 15.9 Å². The van der Waals surface area contributed by atoms with Crippen molar-refractivity contribution in [2.75, 3.05) is 29.4 Å². The van der Waals surface area contributed by atoms with Gasteiger partial charge < -0.3 is 14.9 Å². The summed E-state index contributed by atoms with van der Waals surface area (Å²) in [6.45, 7) is 1.90. The van der Waals surface area contributed by atoms with Crippen LogP contribution >= 0.6 is 11.6 Å². The molecule has 8 heteroatoms. The molecule has 2 fully saturated rings. The molecule has 4 rings (SSSR count). The Bertz CT molecular complexity index is 969. The van der Waals surface area contributed by atoms with E-state index in [1.54, 1.807) is 17.2 Å². The summed E-state index contributed by atoms with van der Waals surface area (Å²) in [5.41, 5.74) is 0.996. The van der Waals surface area contributed by atoms with E-state index in [4.69, 9.17) is 11.6 Å². The largest absolute Gasteiger partial charge is 0.391 e. The number of piperidine rings is 1. The van der Waals surface area contributed by atoms with Gasteiger partial charge in [-0.25, -0.2) is 9.37 Å². The predicted octanol–water partition coefficient (Wildman–Crippen LogP) is 3.39. The molecule has 0 aliphatic carbocycles. The van der Waals surface area contributed by atoms with Crippen LogP contribution in [0.5, 0.6) is 0 Å². The van der Waals surface area contributed by atoms with Crippen LogP contribution in [0.1, 0.15) is 31.2 Å². The standard InChI is InChI=1S/C23H25ClFN3O3/c24-17-4-3-15(21(25)12-17)10-20(30)11-16-2-1-8-28(23(16)31)18-5-6-22(26-13-18)27-9-7-19(29)14-27/h3-6,12-13,16,19,29H,1-2,7-11,14H2/t16-,19+/m0/s1. The Morgan fingerprint density at radius 1 is 1.23 bits per heavy atom. The van der Waals surface area contributed by atoms with E-state index in [1.807, 2.05) is 17.0 Å². The van der Waals surface area contributed by atoms with E-state index in [0.717, 1.165) is 25.2 Å². The number of carbonyl (C=O) groups excluding carboxylic acids is 2. The summed E-state index contributed by atoms with van der Waals surface area (Å²) >= 11 is 5.76. The Labute approximate surface area is 185 Å². The first-order valence-corrected chi connectivity index (χ1v) is 10.9. The van der Waals surface area contributed by atoms with Crippen molar-refractivity contribution in [1.29, 1.82) is 0 Å². The summed E-state index contributed by atoms with van der Waals surface area (Å²) in [5, 5.41) is 9.98. The van der Waals surface area contributed by atoms with Crippen molar-refractivity contribution >= 4 is 34.8 Å². The average Bonchev–Trinajstić information content (AvgIpc) is 3.18. The minimum Gasteiger partial charge on any atom is -0.391 e. The molecule has 1 amide bonds. The Kier molecular flexibility index (Phi) is 6.53. The number of rotatable bonds is 6. The van der Waals surface area contributed by atoms with Crippen LogP contribution in [0.3, 0.4) is 0 Å². The number of anilines is 2. The normalized spacial score (nSPS) is 21.6. The number of hydrogen-bond donors (Lipinski definition) is 1. The van der Waals surface area contributed by atoms with Crippen LogP contribution in [-0.2, 0) is 16.0 Å². The first-order valence-electron chi connectivity index (χ1n) is 10.6. The first kappa shape index (κ1) is 21.7. The Morgan fingerprint density at radius 3 is 2.74 bits per heavy atom. The number of β-amino-alcohol motifs (C(OH)–C–C–N with tert-alkyl or cyclic N) is 1. The lowest BCUT2D eigenvalue weighted by Gasteiger charge is -2.32. The van der Waals surface area contributed by atoms with E-state index in [9.17, 15) is 19.1 Å². The van der Waals surface area contributed by atoms with Gasteiger partial charge in [0.25, 0.3) is 0 Å². The molecule has 0 saturated carbocycles. The number of aliphatic hydroxyl groups excluding tert-OH is 1. The fourth-order valence-corrected chi connectivity index (χ4v) is 4.45. The van der Waals surface area contributed by atoms with Crippen molar-refractivity contribution in [2.45, 2.75) is 38.2 Å². The second kappa shape index (κ2) is 9.32. The number of pyridine rings is 1. The summed E-state index contributed by atoms with van der Waals surface area (Å²) in [6, 6.07) is 7.98. The lowest BCUT2D eigenvalue weighted by Crippen LogP contribution is -2.42. The number of halogens is 2. The van der Waals surface area contributed by atoms with Crippen molar-refractivity contribution in [2.24, 2.45) is 5.92 Å². The molecule has 2 atom stereocenters. The van der Waals surface area contributed by atoms with Gasteiger partial charge in [0, 0.05) is 43.4 Å². The van der Waals surface area contributed by atoms with Gasteiger partial charge in [0.1, 0.15) is 17.4 Å². The summed E-state index contributed by atoms with van der Waals surface area (Å²) in [5.74, 6) is -0.398. The molecule has 0 bridgehead atoms. The summed E-state index contributed by atoms with van der Waals surface area (Å²) in [7, 11) is 0. The number of aromatic nitrogens is 1. The second-order valence-corrected chi connectivity index (χ2v) is 8.68. The van der Waals surface area contributed by atoms with Gasteiger partial charge in [0.05, 0.1) is 18.0 Å². The third kappa shape index (κ3) is 5.05. The second-order valence-electron chi connectivity index (χ2n) is 8.25. The maximum Gasteiger partial charge on any atom is 0.230 e. The van der Waals surface area contributed by atoms with Gasteiger partial charge in [-0.15, -0.1) is 0 Å². The third-order valence-electron chi connectivity index (χ3n) is 5.96. The zero-order chi connectivity index (χ0) is 22.0. The van der Waals surface area contributed by atoms with Crippen molar-refractivity contribution in [3.05, 3.63) is 52.9 Å². The highest BCUT2D eigenvalue weighted by atomic mass is 35.5. The monoisotopic (exact) mass is 445 g/mol. The van der Waals surface area contributed by atoms with E-state index >= 15 is 0 Å². The third-order valence-corrected chi connectivity index (χ3v) is 6.19. The summed E-state index contributed by atoms with van der Waals surface area (Å²) in [6.07, 6.45) is 3.54. The quantitative estimate of drug-likeness (QED) is 0.737. The van der Waals surface area contributed by atoms with Gasteiger partial charge in [-0.2, -0.15) is 0 Å². The molecule has 164 valence electrons. The van der Waals surface area contributed by atoms with Gasteiger partial charge in [0.2, 0.25) is 5.91 Å². The minimum absolute atomic E-state index is 0.0509. The molecule has 0 spiro atoms. The predicted molar refractivity (Wildman–Crippen MR) is 117 cm³/mol. The molecule has 3 heterocycles. The summed E-state index contributed by atoms with van der Waals surface area (Å²) in [4.78, 5) is 33.7. The molecular weight excluding hydrogens is 421 g/mol. The molecule has 6 nitrogen and oxygen atoms in total. The van der Waals surface area contributed by atoms with E-state index in [0.29, 0.717) is 30.8 Å². The number of carbonyl (C=O) groups is 2. The summed E-state index contributed by atoms with van der Waals surface area (Å²) < 4.78 is 14.0. The van der Waals surface area contributed by atoms with Crippen molar-refractivity contribution < 1.29 is 19.1 Å². The van der Waals surface area contributed by atoms with Crippen LogP contribution in [0.15, 0.2) is 36.5 Å². The van der Waals surface area contributed by atoms with E-state index < -0.39 is 11.7 Å². The average molecular weight is 446 g/mol. The van der Waals surface area contributed by atoms with Gasteiger partial charge >= 0.3 is 0 Å². The highest BCUT2D eigenvalue weighted by Gasteiger charge is 2.31. The van der Waals surface area contributed by atoms with Gasteiger partial charge in [-0.05, 0) is 49.1 Å². The molecule has 2 aliphatic heterocycles. The molecule has 2 aliphatic rings. The maximum absolute atomic E-state index is 14.0. The molecule has 1 N–H and O–H groups in total. The van der Waals surface area contributed by atoms with Crippen LogP contribution in [0, 0.1) is 11.7 Å². The number of aliphatic hydroxyl groups is 1. The number of Topliss-reactive ketones (excluding diaryl/α,β-unsaturated/α-hetero) is 1. The van der Waals surface area contributed by atoms with Crippen LogP contribution in [-0.4, -0.2) is 47.5 Å². The molecule has 2 saturated heterocycles. The highest BCUT2D eigenvalue weighted by molar-refractivity contribution is 6.30. The van der Waals surface area contributed by atoms with E-state index in [2.05, 4.69) is 4.98 Å². The smallest absolute Gasteiger partial charge is 0.230 e. The maximum atomic E-state index is 14.0. The molecular formula is C23H25ClFN3O3. The van der Waals surface area contributed by atoms with E-state index in [-0.39, 0.29) is 35.7 Å². The first-order chi connectivity index (χ1) is 14.9.